The number of nitrogens with zero attached hydrogens (tertiary/aromatic N) is 1. The highest BCUT2D eigenvalue weighted by molar-refractivity contribution is 6.03. The largest absolute Gasteiger partial charge is 0.496 e. The molecule has 2 aliphatic rings. The van der Waals surface area contributed by atoms with Crippen LogP contribution in [0.15, 0.2) is 48.5 Å². The van der Waals surface area contributed by atoms with E-state index < -0.39 is 17.9 Å². The number of Topliss-reactive ketones (excluding diaryl/α,β-unsaturated/α-hetero) is 1. The molecule has 1 aliphatic carbocycles. The number of hydrogen-bond donors (Lipinski definition) is 3. The topological polar surface area (TPSA) is 124 Å². The lowest BCUT2D eigenvalue weighted by Crippen LogP contribution is -2.40. The number of hydrogen-bond acceptors (Lipinski definition) is 5. The zero-order valence-corrected chi connectivity index (χ0v) is 20.0. The lowest BCUT2D eigenvalue weighted by Gasteiger charge is -2.20. The van der Waals surface area contributed by atoms with Crippen LogP contribution in [0.3, 0.4) is 0 Å². The molecule has 0 unspecified atom stereocenters. The van der Waals surface area contributed by atoms with Gasteiger partial charge in [0, 0.05) is 28.9 Å². The van der Waals surface area contributed by atoms with E-state index in [4.69, 9.17) is 4.74 Å². The van der Waals surface area contributed by atoms with Gasteiger partial charge in [-0.1, -0.05) is 37.1 Å². The number of nitriles is 1. The van der Waals surface area contributed by atoms with E-state index in [0.29, 0.717) is 23.8 Å². The van der Waals surface area contributed by atoms with Crippen molar-refractivity contribution in [2.45, 2.75) is 44.1 Å². The molecule has 8 heteroatoms. The minimum Gasteiger partial charge on any atom is -0.496 e. The number of aromatic nitrogens is 1. The SMILES string of the molecule is COc1cccc2[nH]c(C(=O)C[C@@H](CC3CC3)C(=O)N[C@H](C#N)C[C@H]3C(=O)Nc4ccccc43)cc12. The third-order valence-corrected chi connectivity index (χ3v) is 7.12. The fourth-order valence-corrected chi connectivity index (χ4v) is 5.01. The molecular weight excluding hydrogens is 456 g/mol. The standard InChI is InChI=1S/C28H28N4O4/c1-36-26-8-4-7-23-21(26)14-24(31-23)25(33)12-17(11-16-9-10-16)27(34)30-18(15-29)13-20-19-5-2-3-6-22(19)32-28(20)35/h2-8,14,16-18,20,31H,9-13H2,1H3,(H,30,34)(H,32,35)/t17-,18+,20-/m1/s1. The molecule has 3 atom stereocenters. The summed E-state index contributed by atoms with van der Waals surface area (Å²) in [5.74, 6) is -0.609. The van der Waals surface area contributed by atoms with Gasteiger partial charge in [0.15, 0.2) is 5.78 Å². The second-order valence-electron chi connectivity index (χ2n) is 9.66. The van der Waals surface area contributed by atoms with Crippen molar-refractivity contribution in [2.75, 3.05) is 12.4 Å². The fourth-order valence-electron chi connectivity index (χ4n) is 5.01. The van der Waals surface area contributed by atoms with Crippen LogP contribution in [0.2, 0.25) is 0 Å². The number of rotatable bonds is 10. The summed E-state index contributed by atoms with van der Waals surface area (Å²) in [6.07, 6.45) is 2.91. The van der Waals surface area contributed by atoms with Crippen LogP contribution in [0.25, 0.3) is 10.9 Å². The maximum Gasteiger partial charge on any atom is 0.232 e. The molecule has 0 spiro atoms. The number of fused-ring (bicyclic) bond motifs is 2. The van der Waals surface area contributed by atoms with Crippen LogP contribution in [-0.4, -0.2) is 35.7 Å². The minimum atomic E-state index is -0.839. The summed E-state index contributed by atoms with van der Waals surface area (Å²) in [6, 6.07) is 16.0. The summed E-state index contributed by atoms with van der Waals surface area (Å²) in [7, 11) is 1.58. The van der Waals surface area contributed by atoms with Crippen molar-refractivity contribution in [2.24, 2.45) is 11.8 Å². The molecule has 1 saturated carbocycles. The molecular formula is C28H28N4O4. The number of benzene rings is 2. The van der Waals surface area contributed by atoms with Crippen LogP contribution in [0.4, 0.5) is 5.69 Å². The number of para-hydroxylation sites is 1. The highest BCUT2D eigenvalue weighted by Crippen LogP contribution is 2.38. The van der Waals surface area contributed by atoms with Crippen molar-refractivity contribution in [1.29, 1.82) is 5.26 Å². The molecule has 3 N–H and O–H groups in total. The Morgan fingerprint density at radius 1 is 1.17 bits per heavy atom. The number of aromatic amines is 1. The lowest BCUT2D eigenvalue weighted by atomic mass is 9.91. The van der Waals surface area contributed by atoms with E-state index in [1.54, 1.807) is 13.2 Å². The van der Waals surface area contributed by atoms with Crippen molar-refractivity contribution in [3.8, 4) is 11.8 Å². The molecule has 8 nitrogen and oxygen atoms in total. The van der Waals surface area contributed by atoms with Crippen molar-refractivity contribution in [3.63, 3.8) is 0 Å². The van der Waals surface area contributed by atoms with Gasteiger partial charge >= 0.3 is 0 Å². The third kappa shape index (κ3) is 4.82. The number of carbonyl (C=O) groups is 3. The molecule has 184 valence electrons. The first-order valence-electron chi connectivity index (χ1n) is 12.3. The fraction of sp³-hybridized carbons (Fsp3) is 0.357. The minimum absolute atomic E-state index is 0.0440. The number of ketones is 1. The highest BCUT2D eigenvalue weighted by Gasteiger charge is 2.35. The van der Waals surface area contributed by atoms with Gasteiger partial charge in [-0.05, 0) is 48.6 Å². The Hall–Kier alpha value is -4.12. The van der Waals surface area contributed by atoms with Gasteiger partial charge in [0.1, 0.15) is 11.8 Å². The zero-order valence-electron chi connectivity index (χ0n) is 20.0. The summed E-state index contributed by atoms with van der Waals surface area (Å²) >= 11 is 0. The predicted octanol–water partition coefficient (Wildman–Crippen LogP) is 4.30. The molecule has 36 heavy (non-hydrogen) atoms. The predicted molar refractivity (Wildman–Crippen MR) is 135 cm³/mol. The first-order chi connectivity index (χ1) is 17.5. The Balaban J connectivity index is 1.28. The van der Waals surface area contributed by atoms with Crippen LogP contribution >= 0.6 is 0 Å². The van der Waals surface area contributed by atoms with E-state index in [1.807, 2.05) is 42.5 Å². The third-order valence-electron chi connectivity index (χ3n) is 7.12. The van der Waals surface area contributed by atoms with Crippen LogP contribution in [-0.2, 0) is 9.59 Å². The van der Waals surface area contributed by atoms with Crippen molar-refractivity contribution < 1.29 is 19.1 Å². The monoisotopic (exact) mass is 484 g/mol. The van der Waals surface area contributed by atoms with E-state index in [0.717, 1.165) is 35.0 Å². The normalized spacial score (nSPS) is 18.1. The summed E-state index contributed by atoms with van der Waals surface area (Å²) in [5.41, 5.74) is 2.79. The van der Waals surface area contributed by atoms with E-state index in [2.05, 4.69) is 21.7 Å². The molecule has 0 saturated heterocycles. The van der Waals surface area contributed by atoms with Gasteiger partial charge < -0.3 is 20.4 Å². The molecule has 1 aromatic heterocycles. The Bertz CT molecular complexity index is 1370. The van der Waals surface area contributed by atoms with Gasteiger partial charge in [-0.3, -0.25) is 14.4 Å². The molecule has 5 rings (SSSR count). The summed E-state index contributed by atoms with van der Waals surface area (Å²) < 4.78 is 5.39. The van der Waals surface area contributed by atoms with Gasteiger partial charge in [0.05, 0.1) is 24.8 Å². The lowest BCUT2D eigenvalue weighted by molar-refractivity contribution is -0.126. The molecule has 2 aromatic carbocycles. The average molecular weight is 485 g/mol. The first-order valence-corrected chi connectivity index (χ1v) is 12.3. The molecule has 0 radical (unpaired) electrons. The Morgan fingerprint density at radius 2 is 1.97 bits per heavy atom. The maximum atomic E-state index is 13.3. The van der Waals surface area contributed by atoms with E-state index >= 15 is 0 Å². The smallest absolute Gasteiger partial charge is 0.232 e. The van der Waals surface area contributed by atoms with Gasteiger partial charge in [0.2, 0.25) is 11.8 Å². The number of H-pyrrole nitrogens is 1. The van der Waals surface area contributed by atoms with E-state index in [-0.39, 0.29) is 30.4 Å². The average Bonchev–Trinajstić information content (AvgIpc) is 3.50. The summed E-state index contributed by atoms with van der Waals surface area (Å²) in [6.45, 7) is 0. The molecule has 2 amide bonds. The number of nitrogens with one attached hydrogen (secondary N) is 3. The first kappa shape index (κ1) is 23.6. The van der Waals surface area contributed by atoms with Crippen LogP contribution in [0.5, 0.6) is 5.75 Å². The molecule has 1 fully saturated rings. The molecule has 1 aliphatic heterocycles. The molecule has 2 heterocycles. The second-order valence-corrected chi connectivity index (χ2v) is 9.66. The molecule has 0 bridgehead atoms. The zero-order chi connectivity index (χ0) is 25.2. The number of carbonyl (C=O) groups excluding carboxylic acids is 3. The van der Waals surface area contributed by atoms with Gasteiger partial charge in [-0.25, -0.2) is 0 Å². The van der Waals surface area contributed by atoms with Crippen molar-refractivity contribution in [1.82, 2.24) is 10.3 Å². The summed E-state index contributed by atoms with van der Waals surface area (Å²) in [4.78, 5) is 42.1. The number of methoxy groups -OCH3 is 1. The Labute approximate surface area is 209 Å². The van der Waals surface area contributed by atoms with Gasteiger partial charge in [0.25, 0.3) is 0 Å². The Kier molecular flexibility index (Phi) is 6.47. The van der Waals surface area contributed by atoms with E-state index in [1.165, 1.54) is 0 Å². The van der Waals surface area contributed by atoms with Gasteiger partial charge in [-0.15, -0.1) is 0 Å². The number of amides is 2. The maximum absolute atomic E-state index is 13.3. The Morgan fingerprint density at radius 3 is 2.72 bits per heavy atom. The van der Waals surface area contributed by atoms with Gasteiger partial charge in [-0.2, -0.15) is 5.26 Å². The quantitative estimate of drug-likeness (QED) is 0.370. The van der Waals surface area contributed by atoms with Crippen molar-refractivity contribution in [3.05, 3.63) is 59.8 Å². The summed E-state index contributed by atoms with van der Waals surface area (Å²) in [5, 5.41) is 16.2. The highest BCUT2D eigenvalue weighted by atomic mass is 16.5. The van der Waals surface area contributed by atoms with Crippen LogP contribution in [0.1, 0.15) is 54.1 Å². The van der Waals surface area contributed by atoms with Crippen LogP contribution < -0.4 is 15.4 Å². The molecule has 3 aromatic rings. The number of anilines is 1. The van der Waals surface area contributed by atoms with Crippen LogP contribution in [0, 0.1) is 23.2 Å². The van der Waals surface area contributed by atoms with E-state index in [9.17, 15) is 19.6 Å². The number of ether oxygens (including phenoxy) is 1. The van der Waals surface area contributed by atoms with Crippen molar-refractivity contribution >= 4 is 34.2 Å². The second kappa shape index (κ2) is 9.86.